The highest BCUT2D eigenvalue weighted by molar-refractivity contribution is 5.81. The van der Waals surface area contributed by atoms with E-state index in [0.29, 0.717) is 0 Å². The van der Waals surface area contributed by atoms with Crippen molar-refractivity contribution in [1.29, 1.82) is 0 Å². The minimum absolute atomic E-state index is 1.17. The smallest absolute Gasteiger partial charge is 0.00843 e. The number of aromatic nitrogens is 1. The minimum atomic E-state index is 1.17. The number of benzene rings is 4. The average molecular weight is 430 g/mol. The first-order valence-electron chi connectivity index (χ1n) is 10.8. The summed E-state index contributed by atoms with van der Waals surface area (Å²) in [5.41, 5.74) is 3.52. The fraction of sp³-hybridized carbons (Fsp3) is 0. The Morgan fingerprint density at radius 2 is 0.667 bits per heavy atom. The highest BCUT2D eigenvalue weighted by Gasteiger charge is 1.87. The molecule has 0 aliphatic rings. The van der Waals surface area contributed by atoms with E-state index in [2.05, 4.69) is 36.9 Å². The molecule has 0 bridgehead atoms. The average Bonchev–Trinajstić information content (AvgIpc) is 3.40. The molecule has 5 aromatic rings. The maximum atomic E-state index is 3.63. The van der Waals surface area contributed by atoms with Crippen LogP contribution in [0.1, 0.15) is 16.7 Å². The molecule has 1 aromatic heterocycles. The summed E-state index contributed by atoms with van der Waals surface area (Å²) in [6.07, 6.45) is 9.49. The molecule has 0 aliphatic heterocycles. The fourth-order valence-electron chi connectivity index (χ4n) is 2.76. The molecule has 0 aliphatic carbocycles. The van der Waals surface area contributed by atoms with Gasteiger partial charge in [0.15, 0.2) is 0 Å². The summed E-state index contributed by atoms with van der Waals surface area (Å²) in [6.45, 7) is 10.9. The van der Waals surface area contributed by atoms with Gasteiger partial charge >= 0.3 is 0 Å². The molecule has 1 N–H and O–H groups in total. The van der Waals surface area contributed by atoms with E-state index in [-0.39, 0.29) is 0 Å². The van der Waals surface area contributed by atoms with E-state index < -0.39 is 0 Å². The van der Waals surface area contributed by atoms with Crippen LogP contribution in [0.2, 0.25) is 0 Å². The van der Waals surface area contributed by atoms with E-state index in [1.165, 1.54) is 27.5 Å². The zero-order chi connectivity index (χ0) is 23.6. The molecule has 1 heteroatoms. The predicted molar refractivity (Wildman–Crippen MR) is 148 cm³/mol. The SMILES string of the molecule is C=Cc1ccccc1.C=Cc1ccccc1.C=Cc1ccccc1.c1ccc2c[nH]cc2c1. The Morgan fingerprint density at radius 3 is 0.909 bits per heavy atom. The third-order valence-corrected chi connectivity index (χ3v) is 4.58. The molecule has 0 saturated heterocycles. The Labute approximate surface area is 198 Å². The van der Waals surface area contributed by atoms with E-state index in [1.807, 2.05) is 134 Å². The third-order valence-electron chi connectivity index (χ3n) is 4.58. The Kier molecular flexibility index (Phi) is 11.7. The van der Waals surface area contributed by atoms with Crippen molar-refractivity contribution in [1.82, 2.24) is 4.98 Å². The number of rotatable bonds is 3. The summed E-state index contributed by atoms with van der Waals surface area (Å²) in [4.78, 5) is 3.04. The van der Waals surface area contributed by atoms with Crippen molar-refractivity contribution in [3.8, 4) is 0 Å². The summed E-state index contributed by atoms with van der Waals surface area (Å²) in [5.74, 6) is 0. The summed E-state index contributed by atoms with van der Waals surface area (Å²) >= 11 is 0. The van der Waals surface area contributed by atoms with Gasteiger partial charge in [0.1, 0.15) is 0 Å². The van der Waals surface area contributed by atoms with Crippen LogP contribution < -0.4 is 0 Å². The number of nitrogens with one attached hydrogen (secondary N) is 1. The van der Waals surface area contributed by atoms with Crippen LogP contribution in [-0.2, 0) is 0 Å². The van der Waals surface area contributed by atoms with Crippen LogP contribution in [0.15, 0.2) is 147 Å². The van der Waals surface area contributed by atoms with E-state index >= 15 is 0 Å². The molecule has 0 fully saturated rings. The van der Waals surface area contributed by atoms with Gasteiger partial charge in [-0.05, 0) is 27.5 Å². The molecule has 0 saturated carbocycles. The van der Waals surface area contributed by atoms with Gasteiger partial charge in [0.05, 0.1) is 0 Å². The van der Waals surface area contributed by atoms with Crippen LogP contribution in [0.3, 0.4) is 0 Å². The van der Waals surface area contributed by atoms with Crippen LogP contribution in [0.25, 0.3) is 29.0 Å². The van der Waals surface area contributed by atoms with Gasteiger partial charge in [-0.3, -0.25) is 0 Å². The van der Waals surface area contributed by atoms with Gasteiger partial charge in [-0.2, -0.15) is 0 Å². The highest BCUT2D eigenvalue weighted by atomic mass is 14.6. The van der Waals surface area contributed by atoms with Gasteiger partial charge in [-0.25, -0.2) is 0 Å². The first kappa shape index (κ1) is 24.9. The maximum absolute atomic E-state index is 3.63. The number of aromatic amines is 1. The molecule has 1 heterocycles. The Morgan fingerprint density at radius 1 is 0.394 bits per heavy atom. The molecule has 5 rings (SSSR count). The minimum Gasteiger partial charge on any atom is -0.366 e. The van der Waals surface area contributed by atoms with Gasteiger partial charge in [-0.1, -0.05) is 153 Å². The molecule has 33 heavy (non-hydrogen) atoms. The van der Waals surface area contributed by atoms with Crippen molar-refractivity contribution in [2.75, 3.05) is 0 Å². The molecule has 0 unspecified atom stereocenters. The summed E-state index contributed by atoms with van der Waals surface area (Å²) in [5, 5.41) is 2.55. The standard InChI is InChI=1S/C8H7N.3C8H8/c1-2-4-8-6-9-5-7(8)3-1;3*1-2-8-6-4-3-5-7-8/h1-6,9H;3*2-7H,1H2. The fourth-order valence-corrected chi connectivity index (χ4v) is 2.76. The largest absolute Gasteiger partial charge is 0.366 e. The molecule has 0 atom stereocenters. The van der Waals surface area contributed by atoms with E-state index in [4.69, 9.17) is 0 Å². The van der Waals surface area contributed by atoms with Gasteiger partial charge in [-0.15, -0.1) is 0 Å². The van der Waals surface area contributed by atoms with E-state index in [9.17, 15) is 0 Å². The zero-order valence-electron chi connectivity index (χ0n) is 19.0. The normalized spacial score (nSPS) is 8.97. The first-order chi connectivity index (χ1) is 16.3. The summed E-state index contributed by atoms with van der Waals surface area (Å²) in [7, 11) is 0. The number of fused-ring (bicyclic) bond motifs is 1. The molecule has 164 valence electrons. The lowest BCUT2D eigenvalue weighted by atomic mass is 10.2. The van der Waals surface area contributed by atoms with Gasteiger partial charge in [0.25, 0.3) is 0 Å². The lowest BCUT2D eigenvalue weighted by molar-refractivity contribution is 1.43. The maximum Gasteiger partial charge on any atom is 0.00843 e. The molecule has 0 radical (unpaired) electrons. The summed E-state index contributed by atoms with van der Waals surface area (Å²) < 4.78 is 0. The van der Waals surface area contributed by atoms with Crippen molar-refractivity contribution >= 4 is 29.0 Å². The van der Waals surface area contributed by atoms with Crippen molar-refractivity contribution in [2.24, 2.45) is 0 Å². The molecular weight excluding hydrogens is 398 g/mol. The molecular formula is C32H31N. The lowest BCUT2D eigenvalue weighted by Crippen LogP contribution is -1.63. The van der Waals surface area contributed by atoms with E-state index in [1.54, 1.807) is 0 Å². The van der Waals surface area contributed by atoms with Crippen molar-refractivity contribution in [2.45, 2.75) is 0 Å². The molecule has 0 spiro atoms. The first-order valence-corrected chi connectivity index (χ1v) is 10.8. The second-order valence-electron chi connectivity index (χ2n) is 6.93. The molecule has 4 aromatic carbocycles. The van der Waals surface area contributed by atoms with Crippen LogP contribution >= 0.6 is 0 Å². The van der Waals surface area contributed by atoms with Crippen molar-refractivity contribution in [3.05, 3.63) is 164 Å². The van der Waals surface area contributed by atoms with E-state index in [0.717, 1.165) is 0 Å². The second-order valence-corrected chi connectivity index (χ2v) is 6.93. The predicted octanol–water partition coefficient (Wildman–Crippen LogP) is 9.16. The second kappa shape index (κ2) is 15.4. The van der Waals surface area contributed by atoms with Crippen LogP contribution in [0, 0.1) is 0 Å². The molecule has 0 amide bonds. The van der Waals surface area contributed by atoms with Gasteiger partial charge in [0.2, 0.25) is 0 Å². The quantitative estimate of drug-likeness (QED) is 0.294. The number of hydrogen-bond acceptors (Lipinski definition) is 0. The molecule has 1 nitrogen and oxygen atoms in total. The van der Waals surface area contributed by atoms with Crippen LogP contribution in [-0.4, -0.2) is 4.98 Å². The monoisotopic (exact) mass is 429 g/mol. The Hall–Kier alpha value is -4.36. The van der Waals surface area contributed by atoms with Crippen LogP contribution in [0.4, 0.5) is 0 Å². The van der Waals surface area contributed by atoms with Crippen LogP contribution in [0.5, 0.6) is 0 Å². The number of H-pyrrole nitrogens is 1. The lowest BCUT2D eigenvalue weighted by Gasteiger charge is -1.85. The van der Waals surface area contributed by atoms with Crippen molar-refractivity contribution in [3.63, 3.8) is 0 Å². The van der Waals surface area contributed by atoms with Crippen molar-refractivity contribution < 1.29 is 0 Å². The highest BCUT2D eigenvalue weighted by Crippen LogP contribution is 2.10. The van der Waals surface area contributed by atoms with Gasteiger partial charge in [0, 0.05) is 12.4 Å². The summed E-state index contributed by atoms with van der Waals surface area (Å²) in [6, 6.07) is 38.3. The Bertz CT molecular complexity index is 1050. The Balaban J connectivity index is 0.000000156. The third kappa shape index (κ3) is 9.99. The zero-order valence-corrected chi connectivity index (χ0v) is 19.0. The topological polar surface area (TPSA) is 15.8 Å². The van der Waals surface area contributed by atoms with Gasteiger partial charge < -0.3 is 4.98 Å². The number of hydrogen-bond donors (Lipinski definition) is 1.